The maximum Gasteiger partial charge on any atom is 0.239 e. The molecule has 0 aliphatic carbocycles. The summed E-state index contributed by atoms with van der Waals surface area (Å²) in [6.07, 6.45) is 1.87. The molecular weight excluding hydrogens is 362 g/mol. The van der Waals surface area contributed by atoms with Gasteiger partial charge < -0.3 is 9.64 Å². The Hall–Kier alpha value is -1.79. The van der Waals surface area contributed by atoms with E-state index < -0.39 is 0 Å². The van der Waals surface area contributed by atoms with Crippen LogP contribution >= 0.6 is 11.8 Å². The van der Waals surface area contributed by atoms with Gasteiger partial charge in [0.2, 0.25) is 5.91 Å². The normalized spacial score (nSPS) is 21.4. The van der Waals surface area contributed by atoms with Crippen LogP contribution < -0.4 is 10.6 Å². The van der Waals surface area contributed by atoms with Gasteiger partial charge in [-0.1, -0.05) is 18.2 Å². The minimum atomic E-state index is -0.317. The van der Waals surface area contributed by atoms with Crippen LogP contribution in [0.2, 0.25) is 0 Å². The Morgan fingerprint density at radius 3 is 2.78 bits per heavy atom. The van der Waals surface area contributed by atoms with Crippen molar-refractivity contribution in [1.82, 2.24) is 14.8 Å². The topological polar surface area (TPSA) is 85.8 Å². The average molecular weight is 390 g/mol. The lowest BCUT2D eigenvalue weighted by Gasteiger charge is -2.36. The van der Waals surface area contributed by atoms with Gasteiger partial charge in [0.15, 0.2) is 0 Å². The summed E-state index contributed by atoms with van der Waals surface area (Å²) in [5.41, 5.74) is 0. The molecule has 146 valence electrons. The number of hydrazine groups is 1. The van der Waals surface area contributed by atoms with Crippen LogP contribution in [-0.2, 0) is 4.79 Å². The van der Waals surface area contributed by atoms with E-state index in [0.717, 1.165) is 38.2 Å². The molecule has 1 unspecified atom stereocenters. The van der Waals surface area contributed by atoms with E-state index in [4.69, 9.17) is 15.8 Å². The highest BCUT2D eigenvalue weighted by atomic mass is 32.2. The third-order valence-corrected chi connectivity index (χ3v) is 6.13. The monoisotopic (exact) mass is 389 g/mol. The van der Waals surface area contributed by atoms with E-state index in [9.17, 15) is 4.79 Å². The molecule has 0 bridgehead atoms. The van der Waals surface area contributed by atoms with Crippen LogP contribution in [0.3, 0.4) is 0 Å². The Labute approximate surface area is 165 Å². The van der Waals surface area contributed by atoms with Crippen LogP contribution in [0.1, 0.15) is 12.8 Å². The van der Waals surface area contributed by atoms with Crippen LogP contribution in [0.15, 0.2) is 30.3 Å². The van der Waals surface area contributed by atoms with Gasteiger partial charge in [-0.3, -0.25) is 15.5 Å². The Bertz CT molecular complexity index is 645. The minimum absolute atomic E-state index is 0.0484. The number of carbonyl (C=O) groups is 1. The summed E-state index contributed by atoms with van der Waals surface area (Å²) in [5, 5.41) is 10.8. The van der Waals surface area contributed by atoms with E-state index in [0.29, 0.717) is 18.2 Å². The number of benzene rings is 1. The van der Waals surface area contributed by atoms with Gasteiger partial charge in [0.05, 0.1) is 18.5 Å². The molecule has 3 rings (SSSR count). The summed E-state index contributed by atoms with van der Waals surface area (Å²) in [5.74, 6) is 8.31. The number of piperidine rings is 1. The summed E-state index contributed by atoms with van der Waals surface area (Å²) in [6.45, 7) is 3.64. The van der Waals surface area contributed by atoms with Gasteiger partial charge in [-0.15, -0.1) is 11.8 Å². The van der Waals surface area contributed by atoms with Gasteiger partial charge >= 0.3 is 0 Å². The molecule has 2 fully saturated rings. The molecule has 2 saturated heterocycles. The molecule has 2 heterocycles. The summed E-state index contributed by atoms with van der Waals surface area (Å²) in [7, 11) is 0. The number of para-hydroxylation sites is 1. The zero-order valence-corrected chi connectivity index (χ0v) is 16.3. The van der Waals surface area contributed by atoms with Crippen molar-refractivity contribution in [2.24, 2.45) is 5.84 Å². The lowest BCUT2D eigenvalue weighted by molar-refractivity contribution is -0.132. The van der Waals surface area contributed by atoms with Crippen LogP contribution in [0.4, 0.5) is 0 Å². The highest BCUT2D eigenvalue weighted by Crippen LogP contribution is 2.21. The minimum Gasteiger partial charge on any atom is -0.492 e. The molecule has 0 radical (unpaired) electrons. The van der Waals surface area contributed by atoms with Crippen molar-refractivity contribution in [3.63, 3.8) is 0 Å². The molecular formula is C19H27N5O2S. The molecule has 0 saturated carbocycles. The van der Waals surface area contributed by atoms with Crippen LogP contribution in [0.25, 0.3) is 0 Å². The molecule has 1 atom stereocenters. The number of carbonyl (C=O) groups excluding carboxylic acids is 1. The molecule has 1 aromatic carbocycles. The maximum atomic E-state index is 12.4. The molecule has 0 spiro atoms. The number of hydrogen-bond donors (Lipinski definition) is 1. The van der Waals surface area contributed by atoms with Crippen molar-refractivity contribution in [1.29, 1.82) is 5.26 Å². The van der Waals surface area contributed by atoms with E-state index in [1.807, 2.05) is 30.3 Å². The summed E-state index contributed by atoms with van der Waals surface area (Å²) in [6, 6.07) is 11.9. The molecule has 2 aliphatic rings. The predicted octanol–water partition coefficient (Wildman–Crippen LogP) is 1.13. The fourth-order valence-corrected chi connectivity index (χ4v) is 4.56. The maximum absolute atomic E-state index is 12.4. The van der Waals surface area contributed by atoms with E-state index in [1.54, 1.807) is 21.7 Å². The number of amides is 1. The van der Waals surface area contributed by atoms with Gasteiger partial charge in [-0.05, 0) is 38.1 Å². The van der Waals surface area contributed by atoms with Crippen molar-refractivity contribution in [2.45, 2.75) is 24.9 Å². The average Bonchev–Trinajstić information content (AvgIpc) is 3.18. The van der Waals surface area contributed by atoms with Crippen LogP contribution in [-0.4, -0.2) is 77.2 Å². The van der Waals surface area contributed by atoms with Crippen molar-refractivity contribution in [3.05, 3.63) is 30.3 Å². The number of likely N-dealkylation sites (tertiary alicyclic amines) is 1. The first-order chi connectivity index (χ1) is 13.2. The van der Waals surface area contributed by atoms with Crippen LogP contribution in [0.5, 0.6) is 5.75 Å². The van der Waals surface area contributed by atoms with Gasteiger partial charge in [0.25, 0.3) is 0 Å². The van der Waals surface area contributed by atoms with Crippen LogP contribution in [0, 0.1) is 11.3 Å². The molecule has 8 heteroatoms. The lowest BCUT2D eigenvalue weighted by Crippen LogP contribution is -2.52. The second-order valence-electron chi connectivity index (χ2n) is 6.91. The summed E-state index contributed by atoms with van der Waals surface area (Å²) >= 11 is 1.62. The Balaban J connectivity index is 1.36. The number of thioether (sulfide) groups is 1. The number of nitrogens with two attached hydrogens (primary N) is 1. The van der Waals surface area contributed by atoms with E-state index in [-0.39, 0.29) is 24.5 Å². The van der Waals surface area contributed by atoms with Crippen molar-refractivity contribution >= 4 is 17.7 Å². The zero-order valence-electron chi connectivity index (χ0n) is 15.5. The number of nitrogens with zero attached hydrogens (tertiary/aromatic N) is 4. The van der Waals surface area contributed by atoms with Crippen molar-refractivity contribution < 1.29 is 9.53 Å². The first kappa shape index (κ1) is 20.0. The first-order valence-electron chi connectivity index (χ1n) is 9.35. The van der Waals surface area contributed by atoms with E-state index in [1.165, 1.54) is 0 Å². The molecule has 27 heavy (non-hydrogen) atoms. The Morgan fingerprint density at radius 1 is 1.33 bits per heavy atom. The van der Waals surface area contributed by atoms with E-state index >= 15 is 0 Å². The lowest BCUT2D eigenvalue weighted by atomic mass is 10.0. The Kier molecular flexibility index (Phi) is 7.35. The van der Waals surface area contributed by atoms with Crippen molar-refractivity contribution in [2.75, 3.05) is 44.4 Å². The molecule has 7 nitrogen and oxygen atoms in total. The summed E-state index contributed by atoms with van der Waals surface area (Å²) in [4.78, 5) is 16.4. The second-order valence-corrected chi connectivity index (χ2v) is 7.91. The number of hydrogen-bond acceptors (Lipinski definition) is 7. The molecule has 0 aromatic heterocycles. The third kappa shape index (κ3) is 5.59. The fourth-order valence-electron chi connectivity index (χ4n) is 3.46. The summed E-state index contributed by atoms with van der Waals surface area (Å²) < 4.78 is 5.76. The number of nitriles is 1. The smallest absolute Gasteiger partial charge is 0.239 e. The highest BCUT2D eigenvalue weighted by Gasteiger charge is 2.31. The van der Waals surface area contributed by atoms with Gasteiger partial charge in [-0.25, -0.2) is 5.01 Å². The largest absolute Gasteiger partial charge is 0.492 e. The quantitative estimate of drug-likeness (QED) is 0.553. The third-order valence-electron chi connectivity index (χ3n) is 5.12. The molecule has 1 amide bonds. The fraction of sp³-hybridized carbons (Fsp3) is 0.579. The molecule has 2 aliphatic heterocycles. The van der Waals surface area contributed by atoms with Gasteiger partial charge in [-0.2, -0.15) is 5.26 Å². The number of ether oxygens (including phenoxy) is 1. The predicted molar refractivity (Wildman–Crippen MR) is 106 cm³/mol. The van der Waals surface area contributed by atoms with Crippen molar-refractivity contribution in [3.8, 4) is 11.8 Å². The van der Waals surface area contributed by atoms with E-state index in [2.05, 4.69) is 11.0 Å². The Morgan fingerprint density at radius 2 is 2.07 bits per heavy atom. The van der Waals surface area contributed by atoms with Gasteiger partial charge in [0.1, 0.15) is 18.4 Å². The second kappa shape index (κ2) is 9.95. The molecule has 1 aromatic rings. The highest BCUT2D eigenvalue weighted by molar-refractivity contribution is 7.99. The molecule has 2 N–H and O–H groups in total. The SMILES string of the molecule is N#CC1CSCN1C(=O)CN(N)C1CCN(CCOc2ccccc2)CC1. The van der Waals surface area contributed by atoms with Gasteiger partial charge in [0, 0.05) is 18.3 Å². The number of rotatable bonds is 7. The zero-order chi connectivity index (χ0) is 19.1. The first-order valence-corrected chi connectivity index (χ1v) is 10.5. The standard InChI is InChI=1S/C19H27N5O2S/c20-12-17-14-27-15-23(17)19(25)13-24(21)16-6-8-22(9-7-16)10-11-26-18-4-2-1-3-5-18/h1-5,16-17H,6-11,13-15,21H2.